The summed E-state index contributed by atoms with van der Waals surface area (Å²) >= 11 is 0. The molecular weight excluding hydrogens is 316 g/mol. The Labute approximate surface area is 146 Å². The van der Waals surface area contributed by atoms with Gasteiger partial charge in [0.1, 0.15) is 11.3 Å². The van der Waals surface area contributed by atoms with E-state index in [1.165, 1.54) is 6.07 Å². The number of oxazole rings is 1. The molecule has 0 unspecified atom stereocenters. The lowest BCUT2D eigenvalue weighted by Gasteiger charge is -2.07. The lowest BCUT2D eigenvalue weighted by Crippen LogP contribution is -2.10. The van der Waals surface area contributed by atoms with Crippen molar-refractivity contribution in [2.45, 2.75) is 39.5 Å². The SMILES string of the molecule is CCCCCC(=O)Nc1ccc(-c2nc3cc(C)ccc3o2)c(O)c1. The molecule has 0 spiro atoms. The largest absolute Gasteiger partial charge is 0.507 e. The average Bonchev–Trinajstić information content (AvgIpc) is 2.97. The molecule has 0 aliphatic heterocycles. The number of amides is 1. The molecule has 0 saturated heterocycles. The van der Waals surface area contributed by atoms with E-state index < -0.39 is 0 Å². The summed E-state index contributed by atoms with van der Waals surface area (Å²) in [5.74, 6) is 0.339. The highest BCUT2D eigenvalue weighted by Gasteiger charge is 2.13. The van der Waals surface area contributed by atoms with Gasteiger partial charge in [0.15, 0.2) is 5.58 Å². The van der Waals surface area contributed by atoms with Gasteiger partial charge in [-0.05, 0) is 43.2 Å². The molecular formula is C20H22N2O3. The molecule has 0 radical (unpaired) electrons. The minimum atomic E-state index is -0.0436. The lowest BCUT2D eigenvalue weighted by molar-refractivity contribution is -0.116. The average molecular weight is 338 g/mol. The summed E-state index contributed by atoms with van der Waals surface area (Å²) in [5, 5.41) is 13.1. The van der Waals surface area contributed by atoms with Gasteiger partial charge in [-0.15, -0.1) is 0 Å². The maximum atomic E-state index is 11.9. The molecule has 0 atom stereocenters. The summed E-state index contributed by atoms with van der Waals surface area (Å²) < 4.78 is 5.72. The predicted molar refractivity (Wildman–Crippen MR) is 98.6 cm³/mol. The van der Waals surface area contributed by atoms with Crippen LogP contribution in [0.5, 0.6) is 5.75 Å². The third-order valence-corrected chi connectivity index (χ3v) is 4.06. The Hall–Kier alpha value is -2.82. The Morgan fingerprint density at radius 2 is 2.04 bits per heavy atom. The van der Waals surface area contributed by atoms with Crippen molar-refractivity contribution in [3.05, 3.63) is 42.0 Å². The standard InChI is InChI=1S/C20H22N2O3/c1-3-4-5-6-19(24)21-14-8-9-15(17(23)12-14)20-22-16-11-13(2)7-10-18(16)25-20/h7-12,23H,3-6H2,1-2H3,(H,21,24). The molecule has 25 heavy (non-hydrogen) atoms. The fourth-order valence-electron chi connectivity index (χ4n) is 2.70. The summed E-state index contributed by atoms with van der Waals surface area (Å²) in [4.78, 5) is 16.3. The van der Waals surface area contributed by atoms with Crippen LogP contribution in [0.15, 0.2) is 40.8 Å². The van der Waals surface area contributed by atoms with Crippen LogP contribution in [-0.2, 0) is 4.79 Å². The number of nitrogens with one attached hydrogen (secondary N) is 1. The van der Waals surface area contributed by atoms with Crippen molar-refractivity contribution in [2.24, 2.45) is 0 Å². The number of aromatic hydroxyl groups is 1. The first kappa shape index (κ1) is 17.0. The minimum Gasteiger partial charge on any atom is -0.507 e. The first-order valence-corrected chi connectivity index (χ1v) is 8.57. The number of hydrogen-bond acceptors (Lipinski definition) is 4. The molecule has 0 fully saturated rings. The van der Waals surface area contributed by atoms with Gasteiger partial charge < -0.3 is 14.8 Å². The van der Waals surface area contributed by atoms with Gasteiger partial charge in [0, 0.05) is 18.2 Å². The Balaban J connectivity index is 1.78. The van der Waals surface area contributed by atoms with Crippen molar-refractivity contribution in [1.82, 2.24) is 4.98 Å². The second kappa shape index (κ2) is 7.38. The highest BCUT2D eigenvalue weighted by Crippen LogP contribution is 2.33. The molecule has 0 aliphatic rings. The molecule has 0 bridgehead atoms. The van der Waals surface area contributed by atoms with Crippen LogP contribution >= 0.6 is 0 Å². The number of rotatable bonds is 6. The number of unbranched alkanes of at least 4 members (excludes halogenated alkanes) is 2. The number of phenols is 1. The van der Waals surface area contributed by atoms with Crippen LogP contribution in [0, 0.1) is 6.92 Å². The maximum absolute atomic E-state index is 11.9. The zero-order valence-electron chi connectivity index (χ0n) is 14.5. The molecule has 1 aromatic heterocycles. The van der Waals surface area contributed by atoms with E-state index in [0.29, 0.717) is 29.1 Å². The zero-order valence-corrected chi connectivity index (χ0v) is 14.5. The second-order valence-corrected chi connectivity index (χ2v) is 6.23. The van der Waals surface area contributed by atoms with Gasteiger partial charge in [-0.3, -0.25) is 4.79 Å². The van der Waals surface area contributed by atoms with E-state index >= 15 is 0 Å². The Kier molecular flexibility index (Phi) is 5.03. The van der Waals surface area contributed by atoms with Gasteiger partial charge in [-0.1, -0.05) is 25.8 Å². The van der Waals surface area contributed by atoms with Crippen LogP contribution in [0.3, 0.4) is 0 Å². The van der Waals surface area contributed by atoms with Crippen LogP contribution in [0.25, 0.3) is 22.6 Å². The molecule has 5 nitrogen and oxygen atoms in total. The Bertz CT molecular complexity index is 899. The summed E-state index contributed by atoms with van der Waals surface area (Å²) in [5.41, 5.74) is 3.58. The molecule has 2 N–H and O–H groups in total. The van der Waals surface area contributed by atoms with Crippen LogP contribution in [0.4, 0.5) is 5.69 Å². The van der Waals surface area contributed by atoms with Gasteiger partial charge in [0.05, 0.1) is 5.56 Å². The van der Waals surface area contributed by atoms with Crippen LogP contribution in [0.2, 0.25) is 0 Å². The van der Waals surface area contributed by atoms with E-state index in [-0.39, 0.29) is 11.7 Å². The smallest absolute Gasteiger partial charge is 0.231 e. The summed E-state index contributed by atoms with van der Waals surface area (Å²) in [6.07, 6.45) is 3.47. The maximum Gasteiger partial charge on any atom is 0.231 e. The lowest BCUT2D eigenvalue weighted by atomic mass is 10.1. The molecule has 3 rings (SSSR count). The van der Waals surface area contributed by atoms with E-state index in [1.807, 2.05) is 25.1 Å². The molecule has 3 aromatic rings. The van der Waals surface area contributed by atoms with Crippen molar-refractivity contribution in [3.8, 4) is 17.2 Å². The number of nitrogens with zero attached hydrogens (tertiary/aromatic N) is 1. The Morgan fingerprint density at radius 1 is 1.20 bits per heavy atom. The van der Waals surface area contributed by atoms with Gasteiger partial charge in [0.2, 0.25) is 11.8 Å². The summed E-state index contributed by atoms with van der Waals surface area (Å²) in [6.45, 7) is 4.09. The van der Waals surface area contributed by atoms with E-state index in [0.717, 1.165) is 30.3 Å². The van der Waals surface area contributed by atoms with Crippen molar-refractivity contribution in [3.63, 3.8) is 0 Å². The fourth-order valence-corrected chi connectivity index (χ4v) is 2.70. The number of phenolic OH excluding ortho intramolecular Hbond substituents is 1. The number of aryl methyl sites for hydroxylation is 1. The van der Waals surface area contributed by atoms with Crippen molar-refractivity contribution in [2.75, 3.05) is 5.32 Å². The highest BCUT2D eigenvalue weighted by atomic mass is 16.3. The first-order valence-electron chi connectivity index (χ1n) is 8.57. The quantitative estimate of drug-likeness (QED) is 0.618. The number of anilines is 1. The monoisotopic (exact) mass is 338 g/mol. The van der Waals surface area contributed by atoms with Gasteiger partial charge >= 0.3 is 0 Å². The number of carbonyl (C=O) groups excluding carboxylic acids is 1. The third kappa shape index (κ3) is 3.99. The van der Waals surface area contributed by atoms with Gasteiger partial charge in [0.25, 0.3) is 0 Å². The topological polar surface area (TPSA) is 75.4 Å². The molecule has 0 aliphatic carbocycles. The minimum absolute atomic E-state index is 0.0228. The van der Waals surface area contributed by atoms with E-state index in [4.69, 9.17) is 4.42 Å². The van der Waals surface area contributed by atoms with Gasteiger partial charge in [-0.25, -0.2) is 4.98 Å². The van der Waals surface area contributed by atoms with Crippen molar-refractivity contribution < 1.29 is 14.3 Å². The highest BCUT2D eigenvalue weighted by molar-refractivity contribution is 5.91. The van der Waals surface area contributed by atoms with Crippen LogP contribution < -0.4 is 5.32 Å². The normalized spacial score (nSPS) is 11.0. The molecule has 130 valence electrons. The third-order valence-electron chi connectivity index (χ3n) is 4.06. The van der Waals surface area contributed by atoms with E-state index in [9.17, 15) is 9.90 Å². The van der Waals surface area contributed by atoms with E-state index in [1.54, 1.807) is 12.1 Å². The molecule has 1 amide bonds. The summed E-state index contributed by atoms with van der Waals surface area (Å²) in [6, 6.07) is 10.7. The number of carbonyl (C=O) groups is 1. The van der Waals surface area contributed by atoms with Crippen molar-refractivity contribution in [1.29, 1.82) is 0 Å². The van der Waals surface area contributed by atoms with E-state index in [2.05, 4.69) is 17.2 Å². The molecule has 2 aromatic carbocycles. The number of fused-ring (bicyclic) bond motifs is 1. The predicted octanol–water partition coefficient (Wildman–Crippen LogP) is 5.03. The van der Waals surface area contributed by atoms with Crippen molar-refractivity contribution >= 4 is 22.7 Å². The number of aromatic nitrogens is 1. The molecule has 5 heteroatoms. The zero-order chi connectivity index (χ0) is 17.8. The summed E-state index contributed by atoms with van der Waals surface area (Å²) in [7, 11) is 0. The molecule has 1 heterocycles. The number of benzene rings is 2. The van der Waals surface area contributed by atoms with Crippen LogP contribution in [-0.4, -0.2) is 16.0 Å². The second-order valence-electron chi connectivity index (χ2n) is 6.23. The number of hydrogen-bond donors (Lipinski definition) is 2. The fraction of sp³-hybridized carbons (Fsp3) is 0.300. The van der Waals surface area contributed by atoms with Gasteiger partial charge in [-0.2, -0.15) is 0 Å². The Morgan fingerprint density at radius 3 is 2.80 bits per heavy atom. The molecule has 0 saturated carbocycles. The first-order chi connectivity index (χ1) is 12.1. The van der Waals surface area contributed by atoms with Crippen LogP contribution in [0.1, 0.15) is 38.2 Å².